The summed E-state index contributed by atoms with van der Waals surface area (Å²) in [4.78, 5) is 18.6. The molecule has 172 valence electrons. The summed E-state index contributed by atoms with van der Waals surface area (Å²) in [6.07, 6.45) is -2.76. The molecule has 1 saturated heterocycles. The van der Waals surface area contributed by atoms with Gasteiger partial charge in [0.1, 0.15) is 0 Å². The van der Waals surface area contributed by atoms with Crippen LogP contribution >= 0.6 is 0 Å². The Bertz CT molecular complexity index is 1130. The lowest BCUT2D eigenvalue weighted by Gasteiger charge is -2.31. The molecular weight excluding hydrogens is 423 g/mol. The van der Waals surface area contributed by atoms with Crippen molar-refractivity contribution in [1.82, 2.24) is 24.8 Å². The molecule has 0 radical (unpaired) electrons. The van der Waals surface area contributed by atoms with Crippen molar-refractivity contribution in [3.05, 3.63) is 40.5 Å². The Morgan fingerprint density at radius 1 is 1.22 bits per heavy atom. The number of rotatable bonds is 5. The number of hydrogen-bond acceptors (Lipinski definition) is 5. The van der Waals surface area contributed by atoms with Gasteiger partial charge in [-0.3, -0.25) is 9.48 Å². The second kappa shape index (κ2) is 8.55. The molecule has 4 rings (SSSR count). The molecule has 7 nitrogen and oxygen atoms in total. The number of aromatic nitrogens is 4. The van der Waals surface area contributed by atoms with Gasteiger partial charge in [0.15, 0.2) is 0 Å². The molecule has 0 bridgehead atoms. The molecule has 0 N–H and O–H groups in total. The van der Waals surface area contributed by atoms with Crippen molar-refractivity contribution in [2.45, 2.75) is 65.1 Å². The monoisotopic (exact) mass is 449 g/mol. The van der Waals surface area contributed by atoms with Gasteiger partial charge in [-0.05, 0) is 45.2 Å². The van der Waals surface area contributed by atoms with Crippen LogP contribution in [0.1, 0.15) is 60.4 Å². The van der Waals surface area contributed by atoms with Gasteiger partial charge in [-0.2, -0.15) is 18.3 Å². The first-order valence-electron chi connectivity index (χ1n) is 10.8. The number of alkyl halides is 3. The number of halogens is 3. The Morgan fingerprint density at radius 3 is 2.53 bits per heavy atom. The van der Waals surface area contributed by atoms with Crippen molar-refractivity contribution < 1.29 is 22.5 Å². The summed E-state index contributed by atoms with van der Waals surface area (Å²) in [5.41, 5.74) is 1.70. The third-order valence-corrected chi connectivity index (χ3v) is 6.07. The number of aryl methyl sites for hydroxylation is 4. The number of carbonyl (C=O) groups excluding carboxylic acids is 1. The molecule has 1 aliphatic heterocycles. The number of carbonyl (C=O) groups is 1. The van der Waals surface area contributed by atoms with Crippen LogP contribution in [-0.2, 0) is 23.9 Å². The fraction of sp³-hybridized carbons (Fsp3) is 0.545. The van der Waals surface area contributed by atoms with Gasteiger partial charge in [-0.1, -0.05) is 12.1 Å². The van der Waals surface area contributed by atoms with E-state index in [1.807, 2.05) is 24.6 Å². The zero-order chi connectivity index (χ0) is 23.0. The summed E-state index contributed by atoms with van der Waals surface area (Å²) in [5, 5.41) is 8.29. The summed E-state index contributed by atoms with van der Waals surface area (Å²) < 4.78 is 48.2. The molecule has 3 aromatic heterocycles. The van der Waals surface area contributed by atoms with Crippen molar-refractivity contribution in [1.29, 1.82) is 0 Å². The van der Waals surface area contributed by atoms with Crippen LogP contribution in [0.15, 0.2) is 16.7 Å². The van der Waals surface area contributed by atoms with Gasteiger partial charge in [0.05, 0.1) is 22.3 Å². The molecule has 10 heteroatoms. The van der Waals surface area contributed by atoms with E-state index in [1.165, 1.54) is 0 Å². The predicted octanol–water partition coefficient (Wildman–Crippen LogP) is 4.41. The average molecular weight is 449 g/mol. The fourth-order valence-electron chi connectivity index (χ4n) is 4.37. The van der Waals surface area contributed by atoms with Gasteiger partial charge in [-0.25, -0.2) is 4.98 Å². The predicted molar refractivity (Wildman–Crippen MR) is 111 cm³/mol. The smallest absolute Gasteiger partial charge is 0.343 e. The highest BCUT2D eigenvalue weighted by atomic mass is 19.4. The topological polar surface area (TPSA) is 77.0 Å². The molecule has 0 spiro atoms. The highest BCUT2D eigenvalue weighted by Crippen LogP contribution is 2.40. The molecule has 0 aromatic carbocycles. The first kappa shape index (κ1) is 22.3. The minimum Gasteiger partial charge on any atom is -0.343 e. The summed E-state index contributed by atoms with van der Waals surface area (Å²) >= 11 is 0. The average Bonchev–Trinajstić information content (AvgIpc) is 3.32. The van der Waals surface area contributed by atoms with Crippen LogP contribution in [0.4, 0.5) is 13.2 Å². The normalized spacial score (nSPS) is 15.6. The van der Waals surface area contributed by atoms with Crippen LogP contribution in [0.5, 0.6) is 0 Å². The minimum absolute atomic E-state index is 0.0197. The summed E-state index contributed by atoms with van der Waals surface area (Å²) in [5.74, 6) is -0.196. The Morgan fingerprint density at radius 2 is 1.94 bits per heavy atom. The Kier molecular flexibility index (Phi) is 5.96. The maximum Gasteiger partial charge on any atom is 0.417 e. The van der Waals surface area contributed by atoms with Crippen molar-refractivity contribution in [3.63, 3.8) is 0 Å². The second-order valence-electron chi connectivity index (χ2n) is 8.32. The standard InChI is InChI=1S/C22H26F3N5O2/c1-4-16-12-17(22(23,24)25)19-20(28-32-21(19)26-16)15-5-8-29(9-6-15)18(31)7-10-30-14(3)11-13(2)27-30/h11-12,15H,4-10H2,1-3H3. The van der Waals surface area contributed by atoms with Gasteiger partial charge in [0, 0.05) is 43.4 Å². The molecule has 0 saturated carbocycles. The van der Waals surface area contributed by atoms with Crippen molar-refractivity contribution in [2.75, 3.05) is 13.1 Å². The number of piperidine rings is 1. The molecule has 4 heterocycles. The van der Waals surface area contributed by atoms with E-state index in [-0.39, 0.29) is 28.6 Å². The molecule has 1 aliphatic rings. The number of pyridine rings is 1. The van der Waals surface area contributed by atoms with E-state index in [9.17, 15) is 18.0 Å². The number of hydrogen-bond donors (Lipinski definition) is 0. The molecule has 32 heavy (non-hydrogen) atoms. The van der Waals surface area contributed by atoms with Crippen molar-refractivity contribution in [2.24, 2.45) is 0 Å². The summed E-state index contributed by atoms with van der Waals surface area (Å²) in [6.45, 7) is 7.05. The van der Waals surface area contributed by atoms with Crippen LogP contribution in [0, 0.1) is 13.8 Å². The largest absolute Gasteiger partial charge is 0.417 e. The van der Waals surface area contributed by atoms with Gasteiger partial charge >= 0.3 is 6.18 Å². The number of likely N-dealkylation sites (tertiary alicyclic amines) is 1. The SMILES string of the molecule is CCc1cc(C(F)(F)F)c2c(C3CCN(C(=O)CCn4nc(C)cc4C)CC3)noc2n1. The van der Waals surface area contributed by atoms with E-state index < -0.39 is 11.7 Å². The van der Waals surface area contributed by atoms with E-state index in [2.05, 4.69) is 15.2 Å². The van der Waals surface area contributed by atoms with Gasteiger partial charge in [0.25, 0.3) is 5.71 Å². The van der Waals surface area contributed by atoms with Crippen LogP contribution in [0.2, 0.25) is 0 Å². The molecule has 1 amide bonds. The summed E-state index contributed by atoms with van der Waals surface area (Å²) in [6, 6.07) is 3.05. The third kappa shape index (κ3) is 4.35. The van der Waals surface area contributed by atoms with Gasteiger partial charge < -0.3 is 9.42 Å². The van der Waals surface area contributed by atoms with Crippen LogP contribution < -0.4 is 0 Å². The number of fused-ring (bicyclic) bond motifs is 1. The fourth-order valence-corrected chi connectivity index (χ4v) is 4.37. The maximum absolute atomic E-state index is 13.7. The van der Waals surface area contributed by atoms with E-state index in [0.29, 0.717) is 51.0 Å². The van der Waals surface area contributed by atoms with E-state index >= 15 is 0 Å². The van der Waals surface area contributed by atoms with E-state index in [4.69, 9.17) is 4.52 Å². The Labute approximate surface area is 183 Å². The van der Waals surface area contributed by atoms with Gasteiger partial charge in [-0.15, -0.1) is 0 Å². The molecular formula is C22H26F3N5O2. The lowest BCUT2D eigenvalue weighted by Crippen LogP contribution is -2.38. The van der Waals surface area contributed by atoms with Gasteiger partial charge in [0.2, 0.25) is 5.91 Å². The second-order valence-corrected chi connectivity index (χ2v) is 8.32. The first-order chi connectivity index (χ1) is 15.2. The lowest BCUT2D eigenvalue weighted by molar-refractivity contribution is -0.136. The molecule has 1 fully saturated rings. The molecule has 3 aromatic rings. The highest BCUT2D eigenvalue weighted by molar-refractivity contribution is 5.82. The highest BCUT2D eigenvalue weighted by Gasteiger charge is 2.38. The van der Waals surface area contributed by atoms with Crippen molar-refractivity contribution >= 4 is 17.0 Å². The van der Waals surface area contributed by atoms with Crippen molar-refractivity contribution in [3.8, 4) is 0 Å². The Balaban J connectivity index is 1.46. The first-order valence-corrected chi connectivity index (χ1v) is 10.8. The third-order valence-electron chi connectivity index (χ3n) is 6.07. The van der Waals surface area contributed by atoms with Crippen LogP contribution in [0.3, 0.4) is 0 Å². The van der Waals surface area contributed by atoms with E-state index in [0.717, 1.165) is 17.5 Å². The lowest BCUT2D eigenvalue weighted by atomic mass is 9.90. The van der Waals surface area contributed by atoms with Crippen LogP contribution in [0.25, 0.3) is 11.1 Å². The van der Waals surface area contributed by atoms with E-state index in [1.54, 1.807) is 11.8 Å². The zero-order valence-corrected chi connectivity index (χ0v) is 18.4. The molecule has 0 aliphatic carbocycles. The molecule has 0 atom stereocenters. The number of nitrogens with zero attached hydrogens (tertiary/aromatic N) is 5. The van der Waals surface area contributed by atoms with Crippen LogP contribution in [-0.4, -0.2) is 43.8 Å². The number of amides is 1. The summed E-state index contributed by atoms with van der Waals surface area (Å²) in [7, 11) is 0. The Hall–Kier alpha value is -2.91. The minimum atomic E-state index is -4.52. The maximum atomic E-state index is 13.7. The quantitative estimate of drug-likeness (QED) is 0.577. The molecule has 0 unspecified atom stereocenters. The zero-order valence-electron chi connectivity index (χ0n) is 18.4.